The van der Waals surface area contributed by atoms with Crippen LogP contribution in [0.2, 0.25) is 0 Å². The molecule has 2 aromatic rings. The minimum absolute atomic E-state index is 0. The molecular weight excluding hydrogens is 340 g/mol. The first-order chi connectivity index (χ1) is 11.5. The normalized spacial score (nSPS) is 24.2. The molecule has 0 aliphatic heterocycles. The van der Waals surface area contributed by atoms with Crippen LogP contribution in [0.1, 0.15) is 51.4 Å². The lowest BCUT2D eigenvalue weighted by Gasteiger charge is -2.37. The van der Waals surface area contributed by atoms with Crippen molar-refractivity contribution in [2.24, 2.45) is 11.7 Å². The van der Waals surface area contributed by atoms with E-state index in [1.54, 1.807) is 4.68 Å². The van der Waals surface area contributed by atoms with Crippen molar-refractivity contribution in [2.45, 2.75) is 51.1 Å². The lowest BCUT2D eigenvalue weighted by molar-refractivity contribution is -0.128. The number of halogens is 1. The summed E-state index contributed by atoms with van der Waals surface area (Å²) in [4.78, 5) is 12.7. The maximum atomic E-state index is 12.7. The molecule has 0 spiro atoms. The van der Waals surface area contributed by atoms with Crippen molar-refractivity contribution in [3.8, 4) is 5.69 Å². The topological polar surface area (TPSA) is 98.7 Å². The monoisotopic (exact) mass is 364 g/mol. The van der Waals surface area contributed by atoms with Crippen molar-refractivity contribution in [3.05, 3.63) is 36.2 Å². The van der Waals surface area contributed by atoms with Gasteiger partial charge in [-0.15, -0.1) is 17.5 Å². The number of aromatic nitrogens is 4. The summed E-state index contributed by atoms with van der Waals surface area (Å²) in [6, 6.07) is 9.33. The van der Waals surface area contributed by atoms with Crippen LogP contribution in [0.15, 0.2) is 30.3 Å². The third-order valence-corrected chi connectivity index (χ3v) is 4.81. The van der Waals surface area contributed by atoms with E-state index in [1.165, 1.54) is 0 Å². The molecule has 1 saturated carbocycles. The molecule has 0 radical (unpaired) electrons. The van der Waals surface area contributed by atoms with Gasteiger partial charge in [0, 0.05) is 5.54 Å². The largest absolute Gasteiger partial charge is 0.346 e. The Hall–Kier alpha value is -1.99. The number of amides is 1. The highest BCUT2D eigenvalue weighted by molar-refractivity contribution is 5.85. The number of rotatable bonds is 4. The summed E-state index contributed by atoms with van der Waals surface area (Å²) >= 11 is 0. The summed E-state index contributed by atoms with van der Waals surface area (Å²) in [5.74, 6) is 0.411. The molecule has 136 valence electrons. The lowest BCUT2D eigenvalue weighted by Crippen LogP contribution is -2.53. The predicted octanol–water partition coefficient (Wildman–Crippen LogP) is 2.17. The average Bonchev–Trinajstić information content (AvgIpc) is 3.05. The van der Waals surface area contributed by atoms with Crippen LogP contribution in [0.3, 0.4) is 0 Å². The number of benzene rings is 1. The zero-order valence-corrected chi connectivity index (χ0v) is 15.4. The fraction of sp³-hybridized carbons (Fsp3) is 0.529. The third kappa shape index (κ3) is 4.16. The molecule has 0 bridgehead atoms. The van der Waals surface area contributed by atoms with Gasteiger partial charge < -0.3 is 11.1 Å². The summed E-state index contributed by atoms with van der Waals surface area (Å²) in [5, 5.41) is 14.9. The molecule has 25 heavy (non-hydrogen) atoms. The number of carbonyl (C=O) groups excluding carboxylic acids is 1. The van der Waals surface area contributed by atoms with Crippen LogP contribution in [0, 0.1) is 5.92 Å². The van der Waals surface area contributed by atoms with Crippen molar-refractivity contribution >= 4 is 18.3 Å². The SMILES string of the molecule is CC(NC(=O)C1CCCCC1(C)N)c1nnnn1-c1ccccc1.Cl. The first-order valence-electron chi connectivity index (χ1n) is 8.42. The Morgan fingerprint density at radius 2 is 2.08 bits per heavy atom. The lowest BCUT2D eigenvalue weighted by atomic mass is 9.74. The van der Waals surface area contributed by atoms with Crippen molar-refractivity contribution in [2.75, 3.05) is 0 Å². The Kier molecular flexibility index (Phi) is 6.13. The van der Waals surface area contributed by atoms with Gasteiger partial charge in [0.25, 0.3) is 0 Å². The number of nitrogens with zero attached hydrogens (tertiary/aromatic N) is 4. The Bertz CT molecular complexity index is 702. The van der Waals surface area contributed by atoms with Crippen LogP contribution in [0.5, 0.6) is 0 Å². The second-order valence-corrected chi connectivity index (χ2v) is 6.82. The number of tetrazole rings is 1. The highest BCUT2D eigenvalue weighted by Gasteiger charge is 2.38. The van der Waals surface area contributed by atoms with Gasteiger partial charge in [0.2, 0.25) is 5.91 Å². The molecule has 1 aliphatic rings. The van der Waals surface area contributed by atoms with Gasteiger partial charge in [-0.3, -0.25) is 4.79 Å². The Morgan fingerprint density at radius 3 is 2.76 bits per heavy atom. The van der Waals surface area contributed by atoms with Crippen LogP contribution in [0.25, 0.3) is 5.69 Å². The number of hydrogen-bond donors (Lipinski definition) is 2. The molecule has 3 unspecified atom stereocenters. The van der Waals surface area contributed by atoms with Crippen LogP contribution in [-0.4, -0.2) is 31.7 Å². The molecule has 0 saturated heterocycles. The van der Waals surface area contributed by atoms with E-state index in [1.807, 2.05) is 44.2 Å². The van der Waals surface area contributed by atoms with Gasteiger partial charge in [0.1, 0.15) is 0 Å². The zero-order chi connectivity index (χ0) is 17.2. The van der Waals surface area contributed by atoms with Gasteiger partial charge in [0.05, 0.1) is 17.6 Å². The number of nitrogens with two attached hydrogens (primary N) is 1. The quantitative estimate of drug-likeness (QED) is 0.866. The molecular formula is C17H25ClN6O. The third-order valence-electron chi connectivity index (χ3n) is 4.81. The van der Waals surface area contributed by atoms with Crippen molar-refractivity contribution in [1.29, 1.82) is 0 Å². The van der Waals surface area contributed by atoms with Crippen LogP contribution >= 0.6 is 12.4 Å². The number of carbonyl (C=O) groups is 1. The minimum atomic E-state index is -0.451. The number of nitrogens with one attached hydrogen (secondary N) is 1. The van der Waals surface area contributed by atoms with E-state index < -0.39 is 5.54 Å². The molecule has 3 rings (SSSR count). The molecule has 1 aromatic carbocycles. The maximum absolute atomic E-state index is 12.7. The zero-order valence-electron chi connectivity index (χ0n) is 14.6. The molecule has 1 heterocycles. The smallest absolute Gasteiger partial charge is 0.225 e. The molecule has 8 heteroatoms. The first-order valence-corrected chi connectivity index (χ1v) is 8.42. The fourth-order valence-corrected chi connectivity index (χ4v) is 3.38. The van der Waals surface area contributed by atoms with Crippen molar-refractivity contribution in [3.63, 3.8) is 0 Å². The van der Waals surface area contributed by atoms with Crippen molar-refractivity contribution in [1.82, 2.24) is 25.5 Å². The summed E-state index contributed by atoms with van der Waals surface area (Å²) in [7, 11) is 0. The highest BCUT2D eigenvalue weighted by Crippen LogP contribution is 2.32. The summed E-state index contributed by atoms with van der Waals surface area (Å²) < 4.78 is 1.65. The second kappa shape index (κ2) is 7.93. The fourth-order valence-electron chi connectivity index (χ4n) is 3.38. The predicted molar refractivity (Wildman–Crippen MR) is 97.5 cm³/mol. The standard InChI is InChI=1S/C17H24N6O.ClH/c1-12(19-16(24)14-10-6-7-11-17(14,2)18)15-20-21-22-23(15)13-8-4-3-5-9-13;/h3-5,8-9,12,14H,6-7,10-11,18H2,1-2H3,(H,19,24);1H. The Balaban J connectivity index is 0.00000225. The van der Waals surface area contributed by atoms with Gasteiger partial charge in [-0.05, 0) is 49.2 Å². The average molecular weight is 365 g/mol. The van der Waals surface area contributed by atoms with E-state index in [0.29, 0.717) is 5.82 Å². The molecule has 3 atom stereocenters. The molecule has 3 N–H and O–H groups in total. The van der Waals surface area contributed by atoms with E-state index in [0.717, 1.165) is 31.4 Å². The van der Waals surface area contributed by atoms with Gasteiger partial charge >= 0.3 is 0 Å². The van der Waals surface area contributed by atoms with Gasteiger partial charge in [-0.1, -0.05) is 31.0 Å². The van der Waals surface area contributed by atoms with Crippen LogP contribution in [0.4, 0.5) is 0 Å². The van der Waals surface area contributed by atoms with Crippen LogP contribution in [-0.2, 0) is 4.79 Å². The van der Waals surface area contributed by atoms with Gasteiger partial charge in [0.15, 0.2) is 5.82 Å². The number of para-hydroxylation sites is 1. The summed E-state index contributed by atoms with van der Waals surface area (Å²) in [6.45, 7) is 3.86. The Labute approximate surface area is 153 Å². The molecule has 1 amide bonds. The molecule has 1 aliphatic carbocycles. The highest BCUT2D eigenvalue weighted by atomic mass is 35.5. The van der Waals surface area contributed by atoms with Crippen molar-refractivity contribution < 1.29 is 4.79 Å². The summed E-state index contributed by atoms with van der Waals surface area (Å²) in [5.41, 5.74) is 6.74. The van der Waals surface area contributed by atoms with E-state index in [2.05, 4.69) is 20.8 Å². The molecule has 1 aromatic heterocycles. The Morgan fingerprint density at radius 1 is 1.36 bits per heavy atom. The second-order valence-electron chi connectivity index (χ2n) is 6.82. The molecule has 7 nitrogen and oxygen atoms in total. The minimum Gasteiger partial charge on any atom is -0.346 e. The van der Waals surface area contributed by atoms with Crippen LogP contribution < -0.4 is 11.1 Å². The van der Waals surface area contributed by atoms with E-state index in [-0.39, 0.29) is 30.3 Å². The van der Waals surface area contributed by atoms with E-state index in [9.17, 15) is 4.79 Å². The van der Waals surface area contributed by atoms with E-state index >= 15 is 0 Å². The van der Waals surface area contributed by atoms with E-state index in [4.69, 9.17) is 5.73 Å². The first kappa shape index (κ1) is 19.3. The van der Waals surface area contributed by atoms with Gasteiger partial charge in [-0.25, -0.2) is 0 Å². The maximum Gasteiger partial charge on any atom is 0.225 e. The molecule has 1 fully saturated rings. The number of hydrogen-bond acceptors (Lipinski definition) is 5. The summed E-state index contributed by atoms with van der Waals surface area (Å²) in [6.07, 6.45) is 3.83. The van der Waals surface area contributed by atoms with Gasteiger partial charge in [-0.2, -0.15) is 4.68 Å².